The van der Waals surface area contributed by atoms with Crippen LogP contribution in [-0.2, 0) is 9.53 Å². The Bertz CT molecular complexity index is 370. The van der Waals surface area contributed by atoms with Crippen LogP contribution >= 0.6 is 0 Å². The van der Waals surface area contributed by atoms with E-state index in [1.165, 1.54) is 25.8 Å². The smallest absolute Gasteiger partial charge is 0.321 e. The van der Waals surface area contributed by atoms with Crippen LogP contribution in [-0.4, -0.2) is 73.1 Å². The maximum absolute atomic E-state index is 11.0. The second-order valence-corrected chi connectivity index (χ2v) is 6.93. The van der Waals surface area contributed by atoms with E-state index in [0.717, 1.165) is 30.5 Å². The van der Waals surface area contributed by atoms with Gasteiger partial charge in [-0.15, -0.1) is 0 Å². The standard InChI is InChI=1S/C14H25N2O3/c1-16(7-2-6-15-9-13(18)19-11-15)8-5-14(3-4-14)12(17)10-16/h12,17H,2-11H2,1H3/q+1/t12-,16-/m1/s1. The first-order valence-corrected chi connectivity index (χ1v) is 7.41. The van der Waals surface area contributed by atoms with Crippen LogP contribution in [0.4, 0.5) is 0 Å². The zero-order valence-electron chi connectivity index (χ0n) is 11.8. The van der Waals surface area contributed by atoms with E-state index in [1.54, 1.807) is 0 Å². The largest absolute Gasteiger partial charge is 0.449 e. The molecule has 0 unspecified atom stereocenters. The molecule has 1 saturated carbocycles. The number of aliphatic hydroxyl groups is 1. The number of nitrogens with zero attached hydrogens (tertiary/aromatic N) is 2. The summed E-state index contributed by atoms with van der Waals surface area (Å²) in [4.78, 5) is 13.1. The summed E-state index contributed by atoms with van der Waals surface area (Å²) in [6.07, 6.45) is 4.58. The van der Waals surface area contributed by atoms with Crippen molar-refractivity contribution < 1.29 is 19.1 Å². The highest BCUT2D eigenvalue weighted by Crippen LogP contribution is 2.54. The summed E-state index contributed by atoms with van der Waals surface area (Å²) in [5.74, 6) is -0.107. The Morgan fingerprint density at radius 2 is 2.26 bits per heavy atom. The van der Waals surface area contributed by atoms with E-state index in [4.69, 9.17) is 4.74 Å². The van der Waals surface area contributed by atoms with Crippen molar-refractivity contribution in [3.05, 3.63) is 0 Å². The molecule has 2 atom stereocenters. The number of likely N-dealkylation sites (tertiary alicyclic amines) is 1. The molecule has 0 radical (unpaired) electrons. The molecule has 0 aromatic carbocycles. The molecule has 3 rings (SSSR count). The van der Waals surface area contributed by atoms with Crippen molar-refractivity contribution in [2.45, 2.75) is 31.8 Å². The maximum atomic E-state index is 11.0. The number of ether oxygens (including phenoxy) is 1. The van der Waals surface area contributed by atoms with Crippen LogP contribution in [0.15, 0.2) is 0 Å². The third-order valence-electron chi connectivity index (χ3n) is 5.30. The first kappa shape index (κ1) is 13.3. The molecular formula is C14H25N2O3+. The molecule has 1 spiro atoms. The molecule has 2 saturated heterocycles. The summed E-state index contributed by atoms with van der Waals surface area (Å²) >= 11 is 0. The van der Waals surface area contributed by atoms with Gasteiger partial charge >= 0.3 is 5.97 Å². The van der Waals surface area contributed by atoms with Crippen molar-refractivity contribution in [3.63, 3.8) is 0 Å². The van der Waals surface area contributed by atoms with E-state index in [1.807, 2.05) is 0 Å². The molecular weight excluding hydrogens is 244 g/mol. The number of aliphatic hydroxyl groups excluding tert-OH is 1. The predicted molar refractivity (Wildman–Crippen MR) is 70.2 cm³/mol. The minimum Gasteiger partial charge on any atom is -0.449 e. The van der Waals surface area contributed by atoms with Crippen molar-refractivity contribution in [1.29, 1.82) is 0 Å². The van der Waals surface area contributed by atoms with E-state index in [2.05, 4.69) is 11.9 Å². The van der Waals surface area contributed by atoms with Gasteiger partial charge in [0, 0.05) is 24.8 Å². The van der Waals surface area contributed by atoms with E-state index >= 15 is 0 Å². The van der Waals surface area contributed by atoms with Crippen LogP contribution in [0.25, 0.3) is 0 Å². The molecule has 3 fully saturated rings. The van der Waals surface area contributed by atoms with Crippen molar-refractivity contribution in [1.82, 2.24) is 4.90 Å². The van der Waals surface area contributed by atoms with Crippen LogP contribution in [0, 0.1) is 5.41 Å². The second kappa shape index (κ2) is 4.72. The summed E-state index contributed by atoms with van der Waals surface area (Å²) in [6, 6.07) is 0. The molecule has 3 aliphatic rings. The summed E-state index contributed by atoms with van der Waals surface area (Å²) in [7, 11) is 2.25. The van der Waals surface area contributed by atoms with Crippen LogP contribution in [0.2, 0.25) is 0 Å². The minimum absolute atomic E-state index is 0.107. The lowest BCUT2D eigenvalue weighted by atomic mass is 9.89. The Morgan fingerprint density at radius 1 is 1.47 bits per heavy atom. The topological polar surface area (TPSA) is 49.8 Å². The van der Waals surface area contributed by atoms with Gasteiger partial charge in [0.25, 0.3) is 0 Å². The zero-order chi connectivity index (χ0) is 13.5. The minimum atomic E-state index is -0.108. The SMILES string of the molecule is C[N@@+]1(CCCN2COC(=O)C2)CCC2(CC2)[C@H](O)C1. The normalized spacial score (nSPS) is 37.6. The number of piperidine rings is 1. The van der Waals surface area contributed by atoms with Gasteiger partial charge in [-0.3, -0.25) is 9.69 Å². The fraction of sp³-hybridized carbons (Fsp3) is 0.929. The van der Waals surface area contributed by atoms with Gasteiger partial charge in [0.05, 0.1) is 26.7 Å². The molecule has 108 valence electrons. The quantitative estimate of drug-likeness (QED) is 0.584. The summed E-state index contributed by atoms with van der Waals surface area (Å²) < 4.78 is 5.91. The van der Waals surface area contributed by atoms with E-state index in [0.29, 0.717) is 18.7 Å². The molecule has 19 heavy (non-hydrogen) atoms. The fourth-order valence-corrected chi connectivity index (χ4v) is 3.57. The first-order valence-electron chi connectivity index (χ1n) is 7.41. The van der Waals surface area contributed by atoms with Gasteiger partial charge in [0.1, 0.15) is 19.4 Å². The lowest BCUT2D eigenvalue weighted by molar-refractivity contribution is -0.919. The van der Waals surface area contributed by atoms with Gasteiger partial charge in [-0.05, 0) is 12.8 Å². The molecule has 0 bridgehead atoms. The van der Waals surface area contributed by atoms with Crippen molar-refractivity contribution in [2.75, 3.05) is 46.5 Å². The van der Waals surface area contributed by atoms with E-state index < -0.39 is 0 Å². The van der Waals surface area contributed by atoms with Crippen LogP contribution in [0.1, 0.15) is 25.7 Å². The number of likely N-dealkylation sites (N-methyl/N-ethyl adjacent to an activating group) is 1. The van der Waals surface area contributed by atoms with Gasteiger partial charge < -0.3 is 14.3 Å². The van der Waals surface area contributed by atoms with Gasteiger partial charge in [-0.1, -0.05) is 0 Å². The number of cyclic esters (lactones) is 1. The number of quaternary nitrogens is 1. The Hall–Kier alpha value is -0.650. The van der Waals surface area contributed by atoms with Crippen LogP contribution in [0.5, 0.6) is 0 Å². The Morgan fingerprint density at radius 3 is 2.84 bits per heavy atom. The van der Waals surface area contributed by atoms with Crippen LogP contribution in [0.3, 0.4) is 0 Å². The zero-order valence-corrected chi connectivity index (χ0v) is 11.8. The van der Waals surface area contributed by atoms with Crippen molar-refractivity contribution in [3.8, 4) is 0 Å². The summed E-state index contributed by atoms with van der Waals surface area (Å²) in [6.45, 7) is 4.98. The molecule has 5 heteroatoms. The van der Waals surface area contributed by atoms with E-state index in [-0.39, 0.29) is 12.1 Å². The first-order chi connectivity index (χ1) is 9.01. The van der Waals surface area contributed by atoms with E-state index in [9.17, 15) is 9.90 Å². The van der Waals surface area contributed by atoms with Gasteiger partial charge in [-0.2, -0.15) is 0 Å². The molecule has 0 amide bonds. The van der Waals surface area contributed by atoms with Crippen LogP contribution < -0.4 is 0 Å². The molecule has 1 aliphatic carbocycles. The highest BCUT2D eigenvalue weighted by Gasteiger charge is 2.54. The van der Waals surface area contributed by atoms with Crippen molar-refractivity contribution in [2.24, 2.45) is 5.41 Å². The Labute approximate surface area is 114 Å². The number of hydrogen-bond donors (Lipinski definition) is 1. The molecule has 2 aliphatic heterocycles. The lowest BCUT2D eigenvalue weighted by Gasteiger charge is -2.43. The lowest BCUT2D eigenvalue weighted by Crippen LogP contribution is -2.57. The van der Waals surface area contributed by atoms with Gasteiger partial charge in [0.15, 0.2) is 0 Å². The fourth-order valence-electron chi connectivity index (χ4n) is 3.57. The number of esters is 1. The second-order valence-electron chi connectivity index (χ2n) is 6.93. The number of hydrogen-bond acceptors (Lipinski definition) is 4. The third-order valence-corrected chi connectivity index (χ3v) is 5.30. The Kier molecular flexibility index (Phi) is 3.31. The van der Waals surface area contributed by atoms with Gasteiger partial charge in [-0.25, -0.2) is 0 Å². The average Bonchev–Trinajstić information content (AvgIpc) is 3.03. The maximum Gasteiger partial charge on any atom is 0.321 e. The highest BCUT2D eigenvalue weighted by molar-refractivity contribution is 5.73. The number of carbonyl (C=O) groups is 1. The number of rotatable bonds is 4. The summed E-state index contributed by atoms with van der Waals surface area (Å²) in [5.41, 5.74) is 0.299. The molecule has 0 aromatic heterocycles. The summed E-state index contributed by atoms with van der Waals surface area (Å²) in [5, 5.41) is 10.3. The highest BCUT2D eigenvalue weighted by atomic mass is 16.6. The van der Waals surface area contributed by atoms with Crippen molar-refractivity contribution >= 4 is 5.97 Å². The monoisotopic (exact) mass is 269 g/mol. The Balaban J connectivity index is 1.43. The van der Waals surface area contributed by atoms with Gasteiger partial charge in [0.2, 0.25) is 0 Å². The molecule has 0 aromatic rings. The predicted octanol–water partition coefficient (Wildman–Crippen LogP) is 0.184. The number of carbonyl (C=O) groups excluding carboxylic acids is 1. The molecule has 1 N–H and O–H groups in total. The molecule has 5 nitrogen and oxygen atoms in total. The average molecular weight is 269 g/mol. The molecule has 2 heterocycles. The third kappa shape index (κ3) is 2.78.